The number of nitrogens with one attached hydrogen (secondary N) is 1. The maximum absolute atomic E-state index is 12.5. The van der Waals surface area contributed by atoms with E-state index in [1.165, 1.54) is 24.3 Å². The largest absolute Gasteiger partial charge is 0.464 e. The SMILES string of the molecule is CCOC(=O)[C@H](C)NC(=O)c1cc2c(s1)-c1ccc(Cl)cc1S(=O)(=O)C2. The summed E-state index contributed by atoms with van der Waals surface area (Å²) in [7, 11) is -3.52. The van der Waals surface area contributed by atoms with Gasteiger partial charge in [-0.3, -0.25) is 4.79 Å². The molecule has 1 N–H and O–H groups in total. The Morgan fingerprint density at radius 1 is 1.35 bits per heavy atom. The van der Waals surface area contributed by atoms with E-state index in [0.717, 1.165) is 4.88 Å². The summed E-state index contributed by atoms with van der Waals surface area (Å²) in [5.74, 6) is -1.16. The molecule has 2 aromatic rings. The maximum Gasteiger partial charge on any atom is 0.328 e. The van der Waals surface area contributed by atoms with Crippen molar-refractivity contribution in [3.05, 3.63) is 39.7 Å². The van der Waals surface area contributed by atoms with Gasteiger partial charge < -0.3 is 10.1 Å². The molecule has 0 spiro atoms. The highest BCUT2D eigenvalue weighted by atomic mass is 35.5. The Labute approximate surface area is 160 Å². The molecule has 1 amide bonds. The fraction of sp³-hybridized carbons (Fsp3) is 0.294. The lowest BCUT2D eigenvalue weighted by atomic mass is 10.1. The topological polar surface area (TPSA) is 89.5 Å². The van der Waals surface area contributed by atoms with Gasteiger partial charge in [-0.25, -0.2) is 13.2 Å². The summed E-state index contributed by atoms with van der Waals surface area (Å²) < 4.78 is 29.8. The minimum absolute atomic E-state index is 0.172. The van der Waals surface area contributed by atoms with E-state index in [0.29, 0.717) is 21.0 Å². The molecule has 1 atom stereocenters. The van der Waals surface area contributed by atoms with Gasteiger partial charge in [-0.15, -0.1) is 11.3 Å². The van der Waals surface area contributed by atoms with Gasteiger partial charge in [0.05, 0.1) is 22.1 Å². The number of amides is 1. The number of sulfone groups is 1. The molecule has 1 aliphatic heterocycles. The molecule has 1 aliphatic rings. The number of ether oxygens (including phenoxy) is 1. The summed E-state index contributed by atoms with van der Waals surface area (Å²) in [5.41, 5.74) is 1.11. The molecule has 2 heterocycles. The standard InChI is InChI=1S/C17H16ClNO5S2/c1-3-24-17(21)9(2)19-16(20)13-6-10-8-26(22,23)14-7-11(18)4-5-12(14)15(10)25-13/h4-7,9H,3,8H2,1-2H3,(H,19,20)/t9-/m0/s1. The number of carbonyl (C=O) groups excluding carboxylic acids is 2. The van der Waals surface area contributed by atoms with E-state index in [4.69, 9.17) is 16.3 Å². The number of hydrogen-bond donors (Lipinski definition) is 1. The van der Waals surface area contributed by atoms with Crippen LogP contribution in [-0.2, 0) is 25.1 Å². The van der Waals surface area contributed by atoms with E-state index >= 15 is 0 Å². The average Bonchev–Trinajstić information content (AvgIpc) is 2.98. The van der Waals surface area contributed by atoms with Crippen molar-refractivity contribution in [3.8, 4) is 10.4 Å². The van der Waals surface area contributed by atoms with Crippen molar-refractivity contribution in [2.75, 3.05) is 6.61 Å². The van der Waals surface area contributed by atoms with Crippen LogP contribution in [0.25, 0.3) is 10.4 Å². The normalized spacial score (nSPS) is 15.5. The van der Waals surface area contributed by atoms with E-state index in [2.05, 4.69) is 5.32 Å². The summed E-state index contributed by atoms with van der Waals surface area (Å²) in [6.07, 6.45) is 0. The Morgan fingerprint density at radius 2 is 2.08 bits per heavy atom. The lowest BCUT2D eigenvalue weighted by molar-refractivity contribution is -0.144. The predicted octanol–water partition coefficient (Wildman–Crippen LogP) is 3.04. The van der Waals surface area contributed by atoms with Crippen molar-refractivity contribution in [2.24, 2.45) is 0 Å². The smallest absolute Gasteiger partial charge is 0.328 e. The van der Waals surface area contributed by atoms with Crippen LogP contribution in [0.2, 0.25) is 5.02 Å². The first-order valence-corrected chi connectivity index (χ1v) is 10.7. The lowest BCUT2D eigenvalue weighted by Gasteiger charge is -2.16. The van der Waals surface area contributed by atoms with Crippen molar-refractivity contribution in [2.45, 2.75) is 30.5 Å². The molecule has 0 fully saturated rings. The van der Waals surface area contributed by atoms with Crippen molar-refractivity contribution in [1.29, 1.82) is 0 Å². The molecule has 0 saturated heterocycles. The Kier molecular flexibility index (Phi) is 5.09. The van der Waals surface area contributed by atoms with Gasteiger partial charge in [-0.2, -0.15) is 0 Å². The molecule has 0 saturated carbocycles. The molecular formula is C17H16ClNO5S2. The summed E-state index contributed by atoms with van der Waals surface area (Å²) in [5, 5.41) is 2.91. The molecule has 138 valence electrons. The van der Waals surface area contributed by atoms with Crippen LogP contribution in [-0.4, -0.2) is 32.9 Å². The van der Waals surface area contributed by atoms with Crippen LogP contribution in [0.1, 0.15) is 29.1 Å². The van der Waals surface area contributed by atoms with E-state index < -0.39 is 27.8 Å². The number of esters is 1. The van der Waals surface area contributed by atoms with Gasteiger partial charge in [-0.05, 0) is 37.6 Å². The quantitative estimate of drug-likeness (QED) is 0.778. The van der Waals surface area contributed by atoms with Gasteiger partial charge in [0.25, 0.3) is 5.91 Å². The predicted molar refractivity (Wildman–Crippen MR) is 99.2 cm³/mol. The lowest BCUT2D eigenvalue weighted by Crippen LogP contribution is -2.39. The van der Waals surface area contributed by atoms with E-state index in [1.807, 2.05) is 0 Å². The van der Waals surface area contributed by atoms with E-state index in [-0.39, 0.29) is 17.3 Å². The van der Waals surface area contributed by atoms with Gasteiger partial charge >= 0.3 is 5.97 Å². The van der Waals surface area contributed by atoms with Crippen molar-refractivity contribution >= 4 is 44.7 Å². The van der Waals surface area contributed by atoms with Crippen LogP contribution in [0, 0.1) is 0 Å². The highest BCUT2D eigenvalue weighted by Crippen LogP contribution is 2.43. The summed E-state index contributed by atoms with van der Waals surface area (Å²) in [4.78, 5) is 25.3. The minimum atomic E-state index is -3.52. The molecular weight excluding hydrogens is 398 g/mol. The molecule has 0 bridgehead atoms. The fourth-order valence-electron chi connectivity index (χ4n) is 2.69. The second-order valence-corrected chi connectivity index (χ2v) is 9.26. The Bertz CT molecular complexity index is 997. The minimum Gasteiger partial charge on any atom is -0.464 e. The Balaban J connectivity index is 1.93. The third kappa shape index (κ3) is 3.49. The zero-order valence-electron chi connectivity index (χ0n) is 14.0. The molecule has 1 aromatic heterocycles. The monoisotopic (exact) mass is 413 g/mol. The number of fused-ring (bicyclic) bond motifs is 3. The first-order valence-electron chi connectivity index (χ1n) is 7.86. The van der Waals surface area contributed by atoms with Gasteiger partial charge in [0.15, 0.2) is 9.84 Å². The number of benzene rings is 1. The van der Waals surface area contributed by atoms with E-state index in [1.54, 1.807) is 25.1 Å². The van der Waals surface area contributed by atoms with Gasteiger partial charge in [0.1, 0.15) is 6.04 Å². The zero-order valence-corrected chi connectivity index (χ0v) is 16.4. The van der Waals surface area contributed by atoms with Crippen molar-refractivity contribution < 1.29 is 22.7 Å². The average molecular weight is 414 g/mol. The molecule has 0 aliphatic carbocycles. The summed E-state index contributed by atoms with van der Waals surface area (Å²) >= 11 is 7.12. The molecule has 1 aromatic carbocycles. The molecule has 3 rings (SSSR count). The van der Waals surface area contributed by atoms with Crippen LogP contribution in [0.4, 0.5) is 0 Å². The van der Waals surface area contributed by atoms with Crippen LogP contribution in [0.5, 0.6) is 0 Å². The second kappa shape index (κ2) is 7.02. The molecule has 0 unspecified atom stereocenters. The number of carbonyl (C=O) groups is 2. The third-order valence-corrected chi connectivity index (χ3v) is 7.03. The highest BCUT2D eigenvalue weighted by molar-refractivity contribution is 7.91. The van der Waals surface area contributed by atoms with Crippen LogP contribution in [0.3, 0.4) is 0 Å². The maximum atomic E-state index is 12.5. The third-order valence-electron chi connectivity index (χ3n) is 3.89. The Hall–Kier alpha value is -1.90. The molecule has 0 radical (unpaired) electrons. The number of rotatable bonds is 4. The van der Waals surface area contributed by atoms with E-state index in [9.17, 15) is 18.0 Å². The van der Waals surface area contributed by atoms with Crippen LogP contribution < -0.4 is 5.32 Å². The number of thiophene rings is 1. The second-order valence-electron chi connectivity index (χ2n) is 5.81. The first kappa shape index (κ1) is 18.9. The molecule has 26 heavy (non-hydrogen) atoms. The van der Waals surface area contributed by atoms with Crippen molar-refractivity contribution in [3.63, 3.8) is 0 Å². The Morgan fingerprint density at radius 3 is 2.77 bits per heavy atom. The van der Waals surface area contributed by atoms with Gasteiger partial charge in [-0.1, -0.05) is 17.7 Å². The van der Waals surface area contributed by atoms with Gasteiger partial charge in [0.2, 0.25) is 0 Å². The van der Waals surface area contributed by atoms with Crippen molar-refractivity contribution in [1.82, 2.24) is 5.32 Å². The molecule has 6 nitrogen and oxygen atoms in total. The van der Waals surface area contributed by atoms with Crippen LogP contribution >= 0.6 is 22.9 Å². The fourth-order valence-corrected chi connectivity index (χ4v) is 5.81. The highest BCUT2D eigenvalue weighted by Gasteiger charge is 2.31. The summed E-state index contributed by atoms with van der Waals surface area (Å²) in [6.45, 7) is 3.44. The van der Waals surface area contributed by atoms with Crippen LogP contribution in [0.15, 0.2) is 29.2 Å². The summed E-state index contributed by atoms with van der Waals surface area (Å²) in [6, 6.07) is 5.45. The molecule has 9 heteroatoms. The zero-order chi connectivity index (χ0) is 19.1. The first-order chi connectivity index (χ1) is 12.2. The van der Waals surface area contributed by atoms with Gasteiger partial charge in [0, 0.05) is 15.5 Å². The number of hydrogen-bond acceptors (Lipinski definition) is 6. The number of halogens is 1.